The van der Waals surface area contributed by atoms with E-state index in [0.29, 0.717) is 6.04 Å². The predicted octanol–water partition coefficient (Wildman–Crippen LogP) is 1.22. The highest BCUT2D eigenvalue weighted by Crippen LogP contribution is 2.04. The van der Waals surface area contributed by atoms with Crippen molar-refractivity contribution in [1.29, 1.82) is 0 Å². The Bertz CT molecular complexity index is 252. The summed E-state index contributed by atoms with van der Waals surface area (Å²) in [5.74, 6) is 0.281. The second kappa shape index (κ2) is 8.96. The quantitative estimate of drug-likeness (QED) is 0.593. The molecule has 1 atom stereocenters. The van der Waals surface area contributed by atoms with Crippen LogP contribution in [0.3, 0.4) is 0 Å². The first-order valence-electron chi connectivity index (χ1n) is 5.98. The van der Waals surface area contributed by atoms with Crippen molar-refractivity contribution in [2.75, 3.05) is 31.8 Å². The summed E-state index contributed by atoms with van der Waals surface area (Å²) in [6, 6.07) is 0.373. The van der Waals surface area contributed by atoms with Crippen LogP contribution in [0.1, 0.15) is 33.1 Å². The summed E-state index contributed by atoms with van der Waals surface area (Å²) in [6.07, 6.45) is 3.86. The number of ether oxygens (including phenoxy) is 1. The Hall–Kier alpha value is -0.130. The minimum atomic E-state index is -2.82. The van der Waals surface area contributed by atoms with Crippen LogP contribution in [0.15, 0.2) is 0 Å². The van der Waals surface area contributed by atoms with Crippen LogP contribution in [0.4, 0.5) is 0 Å². The number of sulfone groups is 1. The first-order chi connectivity index (χ1) is 7.49. The van der Waals surface area contributed by atoms with E-state index < -0.39 is 9.84 Å². The second-order valence-corrected chi connectivity index (χ2v) is 6.27. The fourth-order valence-corrected chi connectivity index (χ4v) is 2.29. The molecular weight excluding hydrogens is 226 g/mol. The van der Waals surface area contributed by atoms with Gasteiger partial charge < -0.3 is 10.1 Å². The molecule has 0 heterocycles. The second-order valence-electron chi connectivity index (χ2n) is 4.01. The molecule has 0 aliphatic heterocycles. The Morgan fingerprint density at radius 2 is 1.94 bits per heavy atom. The predicted molar refractivity (Wildman–Crippen MR) is 67.5 cm³/mol. The lowest BCUT2D eigenvalue weighted by atomic mass is 10.1. The lowest BCUT2D eigenvalue weighted by Gasteiger charge is -2.17. The van der Waals surface area contributed by atoms with Crippen molar-refractivity contribution in [1.82, 2.24) is 5.32 Å². The van der Waals surface area contributed by atoms with E-state index in [1.54, 1.807) is 0 Å². The Balaban J connectivity index is 3.75. The van der Waals surface area contributed by atoms with E-state index in [4.69, 9.17) is 4.74 Å². The van der Waals surface area contributed by atoms with Gasteiger partial charge in [0.15, 0.2) is 0 Å². The standard InChI is InChI=1S/C11H25NO3S/c1-4-12-11(8-9-15-5-2)7-6-10-16(3,13)14/h11-12H,4-10H2,1-3H3. The maximum absolute atomic E-state index is 11.0. The van der Waals surface area contributed by atoms with Gasteiger partial charge in [-0.05, 0) is 32.7 Å². The minimum absolute atomic E-state index is 0.281. The van der Waals surface area contributed by atoms with Gasteiger partial charge in [0.1, 0.15) is 9.84 Å². The van der Waals surface area contributed by atoms with E-state index >= 15 is 0 Å². The van der Waals surface area contributed by atoms with Crippen molar-refractivity contribution >= 4 is 9.84 Å². The van der Waals surface area contributed by atoms with Crippen molar-refractivity contribution < 1.29 is 13.2 Å². The molecule has 16 heavy (non-hydrogen) atoms. The summed E-state index contributed by atoms with van der Waals surface area (Å²) in [7, 11) is -2.82. The molecule has 0 fully saturated rings. The van der Waals surface area contributed by atoms with E-state index in [2.05, 4.69) is 12.2 Å². The Morgan fingerprint density at radius 3 is 2.44 bits per heavy atom. The molecule has 0 aliphatic rings. The lowest BCUT2D eigenvalue weighted by molar-refractivity contribution is 0.135. The van der Waals surface area contributed by atoms with Gasteiger partial charge in [0.05, 0.1) is 0 Å². The molecule has 0 bridgehead atoms. The first-order valence-corrected chi connectivity index (χ1v) is 8.04. The topological polar surface area (TPSA) is 55.4 Å². The lowest BCUT2D eigenvalue weighted by Crippen LogP contribution is -2.30. The highest BCUT2D eigenvalue weighted by molar-refractivity contribution is 7.90. The van der Waals surface area contributed by atoms with Crippen LogP contribution in [-0.4, -0.2) is 46.2 Å². The van der Waals surface area contributed by atoms with Gasteiger partial charge in [-0.25, -0.2) is 8.42 Å². The summed E-state index contributed by atoms with van der Waals surface area (Å²) in [5.41, 5.74) is 0. The molecule has 0 saturated carbocycles. The summed E-state index contributed by atoms with van der Waals surface area (Å²) in [4.78, 5) is 0. The van der Waals surface area contributed by atoms with Crippen LogP contribution in [0.5, 0.6) is 0 Å². The highest BCUT2D eigenvalue weighted by Gasteiger charge is 2.09. The third-order valence-electron chi connectivity index (χ3n) is 2.38. The van der Waals surface area contributed by atoms with Gasteiger partial charge in [0.2, 0.25) is 0 Å². The first kappa shape index (κ1) is 15.9. The number of rotatable bonds is 10. The molecule has 4 nitrogen and oxygen atoms in total. The Kier molecular flexibility index (Phi) is 8.89. The van der Waals surface area contributed by atoms with E-state index in [1.165, 1.54) is 6.26 Å². The average Bonchev–Trinajstić information content (AvgIpc) is 2.16. The smallest absolute Gasteiger partial charge is 0.147 e. The third-order valence-corrected chi connectivity index (χ3v) is 3.41. The molecule has 0 rings (SSSR count). The number of hydrogen-bond donors (Lipinski definition) is 1. The van der Waals surface area contributed by atoms with Crippen LogP contribution >= 0.6 is 0 Å². The van der Waals surface area contributed by atoms with Crippen molar-refractivity contribution in [2.24, 2.45) is 0 Å². The molecular formula is C11H25NO3S. The largest absolute Gasteiger partial charge is 0.382 e. The molecule has 98 valence electrons. The van der Waals surface area contributed by atoms with Gasteiger partial charge in [-0.15, -0.1) is 0 Å². The monoisotopic (exact) mass is 251 g/mol. The van der Waals surface area contributed by atoms with Crippen LogP contribution in [-0.2, 0) is 14.6 Å². The van der Waals surface area contributed by atoms with E-state index in [-0.39, 0.29) is 5.75 Å². The van der Waals surface area contributed by atoms with Gasteiger partial charge >= 0.3 is 0 Å². The van der Waals surface area contributed by atoms with Gasteiger partial charge in [-0.3, -0.25) is 0 Å². The molecule has 5 heteroatoms. The van der Waals surface area contributed by atoms with Crippen molar-refractivity contribution in [3.63, 3.8) is 0 Å². The molecule has 0 aliphatic carbocycles. The minimum Gasteiger partial charge on any atom is -0.382 e. The highest BCUT2D eigenvalue weighted by atomic mass is 32.2. The van der Waals surface area contributed by atoms with Crippen LogP contribution < -0.4 is 5.32 Å². The summed E-state index contributed by atoms with van der Waals surface area (Å²) < 4.78 is 27.3. The Morgan fingerprint density at radius 1 is 1.25 bits per heavy atom. The van der Waals surface area contributed by atoms with Crippen LogP contribution in [0, 0.1) is 0 Å². The average molecular weight is 251 g/mol. The van der Waals surface area contributed by atoms with E-state index in [9.17, 15) is 8.42 Å². The zero-order chi connectivity index (χ0) is 12.4. The summed E-state index contributed by atoms with van der Waals surface area (Å²) in [6.45, 7) is 6.43. The third kappa shape index (κ3) is 10.4. The fraction of sp³-hybridized carbons (Fsp3) is 1.00. The maximum Gasteiger partial charge on any atom is 0.147 e. The summed E-state index contributed by atoms with van der Waals surface area (Å²) in [5, 5.41) is 3.35. The molecule has 0 radical (unpaired) electrons. The molecule has 0 aromatic carbocycles. The van der Waals surface area contributed by atoms with Gasteiger partial charge in [0, 0.05) is 31.3 Å². The zero-order valence-corrected chi connectivity index (χ0v) is 11.5. The SMILES string of the molecule is CCNC(CCCS(C)(=O)=O)CCOCC. The van der Waals surface area contributed by atoms with Crippen molar-refractivity contribution in [2.45, 2.75) is 39.2 Å². The Labute approximate surface area is 99.7 Å². The molecule has 0 amide bonds. The van der Waals surface area contributed by atoms with Gasteiger partial charge in [-0.1, -0.05) is 6.92 Å². The van der Waals surface area contributed by atoms with E-state index in [0.717, 1.165) is 39.0 Å². The zero-order valence-electron chi connectivity index (χ0n) is 10.7. The molecule has 0 spiro atoms. The van der Waals surface area contributed by atoms with Gasteiger partial charge in [0.25, 0.3) is 0 Å². The molecule has 0 saturated heterocycles. The number of hydrogen-bond acceptors (Lipinski definition) is 4. The summed E-state index contributed by atoms with van der Waals surface area (Å²) >= 11 is 0. The van der Waals surface area contributed by atoms with Gasteiger partial charge in [-0.2, -0.15) is 0 Å². The molecule has 0 aromatic rings. The molecule has 1 unspecified atom stereocenters. The van der Waals surface area contributed by atoms with Crippen molar-refractivity contribution in [3.8, 4) is 0 Å². The van der Waals surface area contributed by atoms with Crippen molar-refractivity contribution in [3.05, 3.63) is 0 Å². The maximum atomic E-state index is 11.0. The van der Waals surface area contributed by atoms with E-state index in [1.807, 2.05) is 6.92 Å². The number of nitrogens with one attached hydrogen (secondary N) is 1. The molecule has 0 aromatic heterocycles. The molecule has 1 N–H and O–H groups in total. The van der Waals surface area contributed by atoms with Crippen LogP contribution in [0.2, 0.25) is 0 Å². The normalized spacial score (nSPS) is 13.9. The fourth-order valence-electron chi connectivity index (χ4n) is 1.60. The van der Waals surface area contributed by atoms with Crippen LogP contribution in [0.25, 0.3) is 0 Å².